The van der Waals surface area contributed by atoms with Gasteiger partial charge in [0.05, 0.1) is 5.52 Å². The van der Waals surface area contributed by atoms with E-state index in [0.717, 1.165) is 23.3 Å². The maximum atomic E-state index is 13.0. The summed E-state index contributed by atoms with van der Waals surface area (Å²) in [5.41, 5.74) is -0.154. The summed E-state index contributed by atoms with van der Waals surface area (Å²) >= 11 is 0. The molecule has 0 saturated heterocycles. The van der Waals surface area contributed by atoms with Gasteiger partial charge in [-0.1, -0.05) is 18.2 Å². The van der Waals surface area contributed by atoms with Gasteiger partial charge >= 0.3 is 6.18 Å². The Kier molecular flexibility index (Phi) is 4.22. The minimum Gasteiger partial charge on any atom is -0.368 e. The number of para-hydroxylation sites is 1. The number of alkyl halides is 3. The molecule has 3 aromatic heterocycles. The molecule has 1 aromatic carbocycles. The number of nitrogens with zero attached hydrogens (tertiary/aromatic N) is 5. The minimum absolute atomic E-state index is 0.114. The largest absolute Gasteiger partial charge is 0.433 e. The number of halogens is 3. The van der Waals surface area contributed by atoms with Crippen LogP contribution < -0.4 is 10.6 Å². The van der Waals surface area contributed by atoms with Crippen LogP contribution in [0.4, 0.5) is 24.8 Å². The van der Waals surface area contributed by atoms with Gasteiger partial charge in [-0.05, 0) is 18.2 Å². The van der Waals surface area contributed by atoms with Gasteiger partial charge in [-0.25, -0.2) is 9.97 Å². The number of pyridine rings is 1. The molecule has 0 saturated carbocycles. The highest BCUT2D eigenvalue weighted by molar-refractivity contribution is 5.80. The van der Waals surface area contributed by atoms with Crippen LogP contribution in [-0.2, 0) is 6.18 Å². The Morgan fingerprint density at radius 2 is 1.78 bits per heavy atom. The summed E-state index contributed by atoms with van der Waals surface area (Å²) in [6.07, 6.45) is -3.40. The number of rotatable bonds is 5. The molecule has 27 heavy (non-hydrogen) atoms. The molecule has 0 aliphatic heterocycles. The van der Waals surface area contributed by atoms with Crippen LogP contribution in [0, 0.1) is 0 Å². The van der Waals surface area contributed by atoms with Gasteiger partial charge in [0.1, 0.15) is 18.0 Å². The molecule has 0 aliphatic rings. The van der Waals surface area contributed by atoms with E-state index in [2.05, 4.69) is 30.7 Å². The van der Waals surface area contributed by atoms with Gasteiger partial charge < -0.3 is 10.6 Å². The van der Waals surface area contributed by atoms with E-state index in [1.165, 1.54) is 4.52 Å². The molecule has 0 fully saturated rings. The summed E-state index contributed by atoms with van der Waals surface area (Å²) in [4.78, 5) is 11.7. The lowest BCUT2D eigenvalue weighted by atomic mass is 10.2. The van der Waals surface area contributed by atoms with Crippen molar-refractivity contribution in [2.45, 2.75) is 6.18 Å². The van der Waals surface area contributed by atoms with Crippen LogP contribution >= 0.6 is 0 Å². The molecule has 0 amide bonds. The monoisotopic (exact) mass is 373 g/mol. The highest BCUT2D eigenvalue weighted by atomic mass is 19.4. The van der Waals surface area contributed by atoms with Gasteiger partial charge in [0, 0.05) is 24.5 Å². The Labute approximate surface area is 151 Å². The number of benzene rings is 1. The summed E-state index contributed by atoms with van der Waals surface area (Å²) in [7, 11) is 0. The average molecular weight is 373 g/mol. The van der Waals surface area contributed by atoms with Gasteiger partial charge in [0.25, 0.3) is 5.78 Å². The van der Waals surface area contributed by atoms with Crippen LogP contribution in [0.5, 0.6) is 0 Å². The van der Waals surface area contributed by atoms with Crippen LogP contribution in [0.25, 0.3) is 16.7 Å². The topological polar surface area (TPSA) is 80.0 Å². The lowest BCUT2D eigenvalue weighted by molar-refractivity contribution is -0.141. The first-order chi connectivity index (χ1) is 13.0. The Balaban J connectivity index is 1.44. The molecule has 7 nitrogen and oxygen atoms in total. The van der Waals surface area contributed by atoms with Crippen LogP contribution in [0.3, 0.4) is 0 Å². The van der Waals surface area contributed by atoms with Crippen molar-refractivity contribution in [3.05, 3.63) is 54.5 Å². The minimum atomic E-state index is -4.56. The third kappa shape index (κ3) is 3.59. The highest BCUT2D eigenvalue weighted by Gasteiger charge is 2.34. The van der Waals surface area contributed by atoms with Crippen molar-refractivity contribution in [1.82, 2.24) is 24.6 Å². The molecular formula is C17H14F3N7. The van der Waals surface area contributed by atoms with Crippen LogP contribution in [0.1, 0.15) is 5.69 Å². The molecule has 2 N–H and O–H groups in total. The number of fused-ring (bicyclic) bond motifs is 2. The van der Waals surface area contributed by atoms with Crippen molar-refractivity contribution in [3.8, 4) is 0 Å². The number of hydrogen-bond acceptors (Lipinski definition) is 6. The van der Waals surface area contributed by atoms with Gasteiger partial charge in [-0.15, -0.1) is 0 Å². The summed E-state index contributed by atoms with van der Waals surface area (Å²) < 4.78 is 40.1. The van der Waals surface area contributed by atoms with E-state index in [-0.39, 0.29) is 11.6 Å². The SMILES string of the molecule is FC(F)(F)c1cc(NCCNc2ccc3ccccc3n2)n2ncnc2n1. The Morgan fingerprint density at radius 1 is 0.963 bits per heavy atom. The fourth-order valence-electron chi connectivity index (χ4n) is 2.63. The zero-order chi connectivity index (χ0) is 18.9. The van der Waals surface area contributed by atoms with E-state index in [1.807, 2.05) is 36.4 Å². The maximum absolute atomic E-state index is 13.0. The predicted molar refractivity (Wildman–Crippen MR) is 94.5 cm³/mol. The quantitative estimate of drug-likeness (QED) is 0.523. The maximum Gasteiger partial charge on any atom is 0.433 e. The summed E-state index contributed by atoms with van der Waals surface area (Å²) in [5.74, 6) is 0.738. The second-order valence-corrected chi connectivity index (χ2v) is 5.74. The van der Waals surface area contributed by atoms with Crippen LogP contribution in [0.2, 0.25) is 0 Å². The summed E-state index contributed by atoms with van der Waals surface area (Å²) in [6, 6.07) is 12.5. The van der Waals surface area contributed by atoms with Crippen molar-refractivity contribution in [1.29, 1.82) is 0 Å². The molecule has 4 rings (SSSR count). The average Bonchev–Trinajstić information content (AvgIpc) is 3.13. The van der Waals surface area contributed by atoms with E-state index in [9.17, 15) is 13.2 Å². The molecule has 4 aromatic rings. The standard InChI is InChI=1S/C17H14F3N7/c18-17(19,20)13-9-15(27-16(26-13)23-10-24-27)22-8-7-21-14-6-5-11-3-1-2-4-12(11)25-14/h1-6,9-10,22H,7-8H2,(H,21,25). The van der Waals surface area contributed by atoms with Crippen molar-refractivity contribution in [3.63, 3.8) is 0 Å². The van der Waals surface area contributed by atoms with Gasteiger partial charge in [0.2, 0.25) is 0 Å². The van der Waals surface area contributed by atoms with E-state index in [4.69, 9.17) is 0 Å². The van der Waals surface area contributed by atoms with Gasteiger partial charge in [-0.3, -0.25) is 0 Å². The molecular weight excluding hydrogens is 359 g/mol. The van der Waals surface area contributed by atoms with E-state index < -0.39 is 11.9 Å². The van der Waals surface area contributed by atoms with E-state index in [1.54, 1.807) is 0 Å². The normalized spacial score (nSPS) is 11.8. The first kappa shape index (κ1) is 17.0. The van der Waals surface area contributed by atoms with Crippen molar-refractivity contribution < 1.29 is 13.2 Å². The van der Waals surface area contributed by atoms with E-state index >= 15 is 0 Å². The lowest BCUT2D eigenvalue weighted by Crippen LogP contribution is -2.18. The van der Waals surface area contributed by atoms with Gasteiger partial charge in [0.15, 0.2) is 5.69 Å². The van der Waals surface area contributed by atoms with Crippen molar-refractivity contribution >= 4 is 28.3 Å². The molecule has 0 bridgehead atoms. The second-order valence-electron chi connectivity index (χ2n) is 5.74. The smallest absolute Gasteiger partial charge is 0.368 e. The van der Waals surface area contributed by atoms with E-state index in [0.29, 0.717) is 18.9 Å². The molecule has 138 valence electrons. The Hall–Kier alpha value is -3.43. The van der Waals surface area contributed by atoms with Crippen molar-refractivity contribution in [2.24, 2.45) is 0 Å². The molecule has 0 spiro atoms. The first-order valence-electron chi connectivity index (χ1n) is 8.12. The third-order valence-electron chi connectivity index (χ3n) is 3.88. The molecule has 3 heterocycles. The lowest BCUT2D eigenvalue weighted by Gasteiger charge is -2.12. The van der Waals surface area contributed by atoms with Crippen molar-refractivity contribution in [2.75, 3.05) is 23.7 Å². The predicted octanol–water partition coefficient (Wildman–Crippen LogP) is 3.22. The third-order valence-corrected chi connectivity index (χ3v) is 3.88. The summed E-state index contributed by atoms with van der Waals surface area (Å²) in [6.45, 7) is 0.802. The molecule has 0 atom stereocenters. The Bertz CT molecular complexity index is 1090. The van der Waals surface area contributed by atoms with Gasteiger partial charge in [-0.2, -0.15) is 27.8 Å². The second kappa shape index (κ2) is 6.71. The number of nitrogens with one attached hydrogen (secondary N) is 2. The molecule has 0 aliphatic carbocycles. The molecule has 10 heteroatoms. The Morgan fingerprint density at radius 3 is 2.63 bits per heavy atom. The first-order valence-corrected chi connectivity index (χ1v) is 8.12. The van der Waals surface area contributed by atoms with Crippen LogP contribution in [-0.4, -0.2) is 37.7 Å². The zero-order valence-corrected chi connectivity index (χ0v) is 13.9. The fraction of sp³-hybridized carbons (Fsp3) is 0.176. The number of hydrogen-bond donors (Lipinski definition) is 2. The molecule has 0 radical (unpaired) electrons. The fourth-order valence-corrected chi connectivity index (χ4v) is 2.63. The molecule has 0 unspecified atom stereocenters. The summed E-state index contributed by atoms with van der Waals surface area (Å²) in [5, 5.41) is 11.0. The number of anilines is 2. The highest BCUT2D eigenvalue weighted by Crippen LogP contribution is 2.29. The zero-order valence-electron chi connectivity index (χ0n) is 13.9. The van der Waals surface area contributed by atoms with Crippen LogP contribution in [0.15, 0.2) is 48.8 Å². The number of aromatic nitrogens is 5.